The van der Waals surface area contributed by atoms with Crippen LogP contribution in [-0.4, -0.2) is 16.0 Å². The van der Waals surface area contributed by atoms with Gasteiger partial charge in [-0.25, -0.2) is 9.97 Å². The molecule has 3 heteroatoms. The fraction of sp³-hybridized carbons (Fsp3) is 0.375. The van der Waals surface area contributed by atoms with Crippen molar-refractivity contribution in [3.63, 3.8) is 0 Å². The van der Waals surface area contributed by atoms with Crippen LogP contribution in [0.3, 0.4) is 0 Å². The van der Waals surface area contributed by atoms with E-state index in [9.17, 15) is 0 Å². The van der Waals surface area contributed by atoms with Crippen molar-refractivity contribution in [2.24, 2.45) is 0 Å². The molecule has 0 aliphatic rings. The number of nitrogens with one attached hydrogen (secondary N) is 1. The highest BCUT2D eigenvalue weighted by molar-refractivity contribution is 5.28. The summed E-state index contributed by atoms with van der Waals surface area (Å²) in [6, 6.07) is 8.85. The molecular weight excluding hydrogens is 234 g/mol. The largest absolute Gasteiger partial charge is 0.310 e. The molecule has 1 aromatic heterocycles. The molecule has 0 amide bonds. The third-order valence-corrected chi connectivity index (χ3v) is 3.08. The van der Waals surface area contributed by atoms with E-state index in [4.69, 9.17) is 0 Å². The van der Waals surface area contributed by atoms with Crippen LogP contribution < -0.4 is 5.32 Å². The lowest BCUT2D eigenvalue weighted by Crippen LogP contribution is -2.22. The highest BCUT2D eigenvalue weighted by Gasteiger charge is 2.02. The maximum absolute atomic E-state index is 4.44. The van der Waals surface area contributed by atoms with Crippen LogP contribution in [0.4, 0.5) is 0 Å². The Bertz CT molecular complexity index is 518. The summed E-state index contributed by atoms with van der Waals surface area (Å²) in [4.78, 5) is 8.88. The molecule has 0 atom stereocenters. The SMILES string of the molecule is Cc1ccccc1Cc1ncc(CNC(C)C)cn1. The first-order valence-corrected chi connectivity index (χ1v) is 6.73. The maximum Gasteiger partial charge on any atom is 0.132 e. The monoisotopic (exact) mass is 255 g/mol. The van der Waals surface area contributed by atoms with Gasteiger partial charge in [0, 0.05) is 37.0 Å². The highest BCUT2D eigenvalue weighted by atomic mass is 14.9. The lowest BCUT2D eigenvalue weighted by molar-refractivity contribution is 0.586. The van der Waals surface area contributed by atoms with Gasteiger partial charge in [-0.15, -0.1) is 0 Å². The topological polar surface area (TPSA) is 37.8 Å². The molecule has 2 aromatic rings. The molecule has 0 radical (unpaired) electrons. The number of aromatic nitrogens is 2. The van der Waals surface area contributed by atoms with Gasteiger partial charge in [0.25, 0.3) is 0 Å². The molecule has 0 aliphatic heterocycles. The smallest absolute Gasteiger partial charge is 0.132 e. The number of hydrogen-bond acceptors (Lipinski definition) is 3. The summed E-state index contributed by atoms with van der Waals surface area (Å²) in [6.07, 6.45) is 4.62. The average molecular weight is 255 g/mol. The van der Waals surface area contributed by atoms with Crippen molar-refractivity contribution in [2.75, 3.05) is 0 Å². The third kappa shape index (κ3) is 4.14. The quantitative estimate of drug-likeness (QED) is 0.892. The Labute approximate surface area is 115 Å². The Hall–Kier alpha value is -1.74. The fourth-order valence-corrected chi connectivity index (χ4v) is 1.86. The molecule has 0 bridgehead atoms. The molecule has 0 fully saturated rings. The van der Waals surface area contributed by atoms with Gasteiger partial charge in [-0.1, -0.05) is 38.1 Å². The second-order valence-electron chi connectivity index (χ2n) is 5.15. The van der Waals surface area contributed by atoms with Crippen LogP contribution in [0.25, 0.3) is 0 Å². The Balaban J connectivity index is 2.01. The van der Waals surface area contributed by atoms with Gasteiger partial charge in [0.05, 0.1) is 0 Å². The van der Waals surface area contributed by atoms with E-state index >= 15 is 0 Å². The van der Waals surface area contributed by atoms with Crippen molar-refractivity contribution in [1.29, 1.82) is 0 Å². The van der Waals surface area contributed by atoms with Gasteiger partial charge in [0.15, 0.2) is 0 Å². The molecule has 19 heavy (non-hydrogen) atoms. The van der Waals surface area contributed by atoms with Crippen molar-refractivity contribution >= 4 is 0 Å². The molecule has 0 saturated carbocycles. The molecule has 0 aliphatic carbocycles. The van der Waals surface area contributed by atoms with Gasteiger partial charge in [-0.2, -0.15) is 0 Å². The van der Waals surface area contributed by atoms with Crippen LogP contribution in [0.5, 0.6) is 0 Å². The van der Waals surface area contributed by atoms with Crippen LogP contribution in [-0.2, 0) is 13.0 Å². The fourth-order valence-electron chi connectivity index (χ4n) is 1.86. The van der Waals surface area contributed by atoms with Crippen molar-refractivity contribution in [1.82, 2.24) is 15.3 Å². The minimum absolute atomic E-state index is 0.478. The summed E-state index contributed by atoms with van der Waals surface area (Å²) in [6.45, 7) is 7.21. The van der Waals surface area contributed by atoms with Crippen LogP contribution in [0.1, 0.15) is 36.4 Å². The van der Waals surface area contributed by atoms with Gasteiger partial charge in [0.2, 0.25) is 0 Å². The van der Waals surface area contributed by atoms with E-state index in [1.165, 1.54) is 11.1 Å². The molecule has 3 nitrogen and oxygen atoms in total. The molecule has 100 valence electrons. The predicted octanol–water partition coefficient (Wildman–Crippen LogP) is 2.87. The molecule has 2 rings (SSSR count). The average Bonchev–Trinajstić information content (AvgIpc) is 2.40. The maximum atomic E-state index is 4.44. The van der Waals surface area contributed by atoms with Crippen LogP contribution in [0.15, 0.2) is 36.7 Å². The van der Waals surface area contributed by atoms with Gasteiger partial charge in [-0.3, -0.25) is 0 Å². The first-order valence-electron chi connectivity index (χ1n) is 6.73. The van der Waals surface area contributed by atoms with Gasteiger partial charge < -0.3 is 5.32 Å². The number of nitrogens with zero attached hydrogens (tertiary/aromatic N) is 2. The number of benzene rings is 1. The molecule has 0 spiro atoms. The molecule has 1 aromatic carbocycles. The second-order valence-corrected chi connectivity index (χ2v) is 5.15. The summed E-state index contributed by atoms with van der Waals surface area (Å²) >= 11 is 0. The summed E-state index contributed by atoms with van der Waals surface area (Å²) < 4.78 is 0. The summed E-state index contributed by atoms with van der Waals surface area (Å²) in [7, 11) is 0. The molecule has 1 N–H and O–H groups in total. The molecular formula is C16H21N3. The Morgan fingerprint density at radius 3 is 2.42 bits per heavy atom. The number of hydrogen-bond donors (Lipinski definition) is 1. The van der Waals surface area contributed by atoms with Crippen molar-refractivity contribution in [3.8, 4) is 0 Å². The zero-order valence-electron chi connectivity index (χ0n) is 11.9. The highest BCUT2D eigenvalue weighted by Crippen LogP contribution is 2.10. The van der Waals surface area contributed by atoms with Crippen molar-refractivity contribution < 1.29 is 0 Å². The predicted molar refractivity (Wildman–Crippen MR) is 78.0 cm³/mol. The van der Waals surface area contributed by atoms with Crippen molar-refractivity contribution in [3.05, 3.63) is 59.2 Å². The standard InChI is InChI=1S/C16H21N3/c1-12(2)17-9-14-10-18-16(19-11-14)8-15-7-5-4-6-13(15)3/h4-7,10-12,17H,8-9H2,1-3H3. The summed E-state index contributed by atoms with van der Waals surface area (Å²) in [5, 5.41) is 3.36. The van der Waals surface area contributed by atoms with Gasteiger partial charge in [-0.05, 0) is 18.1 Å². The minimum Gasteiger partial charge on any atom is -0.310 e. The molecule has 1 heterocycles. The van der Waals surface area contributed by atoms with Crippen molar-refractivity contribution in [2.45, 2.75) is 39.8 Å². The van der Waals surface area contributed by atoms with E-state index < -0.39 is 0 Å². The van der Waals surface area contributed by atoms with E-state index in [-0.39, 0.29) is 0 Å². The van der Waals surface area contributed by atoms with E-state index in [1.807, 2.05) is 12.4 Å². The first-order chi connectivity index (χ1) is 9.15. The Morgan fingerprint density at radius 1 is 1.11 bits per heavy atom. The van der Waals surface area contributed by atoms with E-state index in [0.29, 0.717) is 6.04 Å². The normalized spacial score (nSPS) is 10.9. The minimum atomic E-state index is 0.478. The van der Waals surface area contributed by atoms with E-state index in [1.54, 1.807) is 0 Å². The summed E-state index contributed by atoms with van der Waals surface area (Å²) in [5.74, 6) is 0.877. The molecule has 0 unspecified atom stereocenters. The van der Waals surface area contributed by atoms with E-state index in [0.717, 1.165) is 24.4 Å². The zero-order chi connectivity index (χ0) is 13.7. The summed E-state index contributed by atoms with van der Waals surface area (Å²) in [5.41, 5.74) is 3.70. The zero-order valence-corrected chi connectivity index (χ0v) is 11.9. The number of aryl methyl sites for hydroxylation is 1. The third-order valence-electron chi connectivity index (χ3n) is 3.08. The Morgan fingerprint density at radius 2 is 1.79 bits per heavy atom. The lowest BCUT2D eigenvalue weighted by Gasteiger charge is -2.08. The van der Waals surface area contributed by atoms with Gasteiger partial charge >= 0.3 is 0 Å². The first kappa shape index (κ1) is 13.7. The second kappa shape index (κ2) is 6.43. The number of rotatable bonds is 5. The van der Waals surface area contributed by atoms with Crippen LogP contribution in [0, 0.1) is 6.92 Å². The lowest BCUT2D eigenvalue weighted by atomic mass is 10.1. The van der Waals surface area contributed by atoms with E-state index in [2.05, 4.69) is 60.3 Å². The van der Waals surface area contributed by atoms with Gasteiger partial charge in [0.1, 0.15) is 5.82 Å². The Kier molecular flexibility index (Phi) is 4.63. The van der Waals surface area contributed by atoms with Crippen LogP contribution in [0.2, 0.25) is 0 Å². The van der Waals surface area contributed by atoms with Crippen LogP contribution >= 0.6 is 0 Å². The molecule has 0 saturated heterocycles.